The minimum atomic E-state index is 0.250. The van der Waals surface area contributed by atoms with Crippen LogP contribution in [-0.2, 0) is 32.4 Å². The van der Waals surface area contributed by atoms with Crippen LogP contribution < -0.4 is 9.47 Å². The van der Waals surface area contributed by atoms with E-state index in [9.17, 15) is 0 Å². The highest BCUT2D eigenvalue weighted by atomic mass is 35.5. The zero-order chi connectivity index (χ0) is 53.2. The lowest BCUT2D eigenvalue weighted by Crippen LogP contribution is -2.00. The number of aryl methyl sites for hydroxylation is 2. The molecule has 4 heterocycles. The van der Waals surface area contributed by atoms with Crippen molar-refractivity contribution >= 4 is 94.1 Å². The molecule has 4 aromatic heterocycles. The molecule has 0 bridgehead atoms. The first-order valence-corrected chi connectivity index (χ1v) is 25.8. The molecule has 11 rings (SSSR count). The molecule has 8 aromatic rings. The Balaban J connectivity index is 0.000000181. The Hall–Kier alpha value is -6.56. The zero-order valence-corrected chi connectivity index (χ0v) is 44.7. The lowest BCUT2D eigenvalue weighted by atomic mass is 10.0. The van der Waals surface area contributed by atoms with Crippen molar-refractivity contribution in [2.75, 3.05) is 0 Å². The molecule has 3 saturated carbocycles. The van der Waals surface area contributed by atoms with Crippen LogP contribution >= 0.6 is 69.6 Å². The van der Waals surface area contributed by atoms with Gasteiger partial charge in [-0.3, -0.25) is 9.97 Å². The van der Waals surface area contributed by atoms with Gasteiger partial charge in [-0.05, 0) is 152 Å². The molecule has 382 valence electrons. The zero-order valence-electron chi connectivity index (χ0n) is 40.1. The van der Waals surface area contributed by atoms with E-state index in [1.807, 2.05) is 80.3 Å². The van der Waals surface area contributed by atoms with Crippen LogP contribution in [0.5, 0.6) is 11.5 Å². The van der Waals surface area contributed by atoms with Gasteiger partial charge in [-0.1, -0.05) is 116 Å². The second-order valence-corrected chi connectivity index (χ2v) is 20.4. The van der Waals surface area contributed by atoms with Gasteiger partial charge < -0.3 is 18.5 Å². The molecule has 0 spiro atoms. The summed E-state index contributed by atoms with van der Waals surface area (Å²) in [5, 5.41) is 12.1. The third kappa shape index (κ3) is 13.8. The topological polar surface area (TPSA) is 165 Å². The standard InChI is InChI=1S/C28H23Cl3N2O2.C27H21Cl3N2O2.2CO2/c1-15-9-17(13-32-12-15)20-11-21(20)19-8-7-18(10-25(19)31)34-14-22-27(33-35-28(22)16-5-6-16)26-23(29)3-2-4-24(26)30;1-16-11-17(14-31-13-16)5-6-18-9-10-20(12-24(18)30)33-15-21-26(32-34-27(21)19-7-8-19)25-22(28)3-2-4-23(25)29;2*2-1-3/h2-4,7-10,12-13,16,20-21H,5-6,11,14H2,1H3;2-6,9-14,19H,7-8,15H2,1H3;;/b;6-5+;;. The van der Waals surface area contributed by atoms with E-state index >= 15 is 0 Å². The maximum absolute atomic E-state index is 8.12. The van der Waals surface area contributed by atoms with Crippen molar-refractivity contribution in [3.05, 3.63) is 196 Å². The van der Waals surface area contributed by atoms with Gasteiger partial charge in [0, 0.05) is 52.8 Å². The van der Waals surface area contributed by atoms with Crippen LogP contribution in [0.1, 0.15) is 112 Å². The van der Waals surface area contributed by atoms with Gasteiger partial charge in [-0.2, -0.15) is 19.2 Å². The Morgan fingerprint density at radius 3 is 1.51 bits per heavy atom. The number of halogens is 6. The molecule has 2 unspecified atom stereocenters. The summed E-state index contributed by atoms with van der Waals surface area (Å²) in [4.78, 5) is 41.1. The van der Waals surface area contributed by atoms with Crippen molar-refractivity contribution in [1.29, 1.82) is 0 Å². The molecule has 3 aliphatic rings. The van der Waals surface area contributed by atoms with E-state index < -0.39 is 0 Å². The highest BCUT2D eigenvalue weighted by Gasteiger charge is 2.41. The third-order valence-corrected chi connectivity index (χ3v) is 14.4. The third-order valence-electron chi connectivity index (χ3n) is 12.5. The predicted octanol–water partition coefficient (Wildman–Crippen LogP) is 16.2. The molecule has 2 atom stereocenters. The van der Waals surface area contributed by atoms with E-state index in [0.29, 0.717) is 89.4 Å². The van der Waals surface area contributed by atoms with Crippen molar-refractivity contribution in [3.8, 4) is 34.0 Å². The molecule has 18 heteroatoms. The maximum atomic E-state index is 8.12. The minimum Gasteiger partial charge on any atom is -0.489 e. The van der Waals surface area contributed by atoms with Gasteiger partial charge in [0.05, 0.1) is 36.2 Å². The van der Waals surface area contributed by atoms with Gasteiger partial charge in [-0.15, -0.1) is 0 Å². The van der Waals surface area contributed by atoms with Gasteiger partial charge in [0.2, 0.25) is 0 Å². The number of hydrogen-bond donors (Lipinski definition) is 0. The lowest BCUT2D eigenvalue weighted by molar-refractivity contribution is -0.193. The Morgan fingerprint density at radius 2 is 1.04 bits per heavy atom. The largest absolute Gasteiger partial charge is 0.489 e. The summed E-state index contributed by atoms with van der Waals surface area (Å²) in [6.07, 6.45) is 17.3. The number of benzene rings is 4. The number of ether oxygens (including phenoxy) is 2. The van der Waals surface area contributed by atoms with E-state index in [4.69, 9.17) is 107 Å². The highest BCUT2D eigenvalue weighted by molar-refractivity contribution is 6.40. The Morgan fingerprint density at radius 1 is 0.560 bits per heavy atom. The molecular weight excluding hydrogens is 1080 g/mol. The van der Waals surface area contributed by atoms with Gasteiger partial charge in [0.1, 0.15) is 47.6 Å². The Labute approximate surface area is 461 Å². The summed E-state index contributed by atoms with van der Waals surface area (Å²) in [5.74, 6) is 4.64. The number of hydrogen-bond acceptors (Lipinski definition) is 12. The number of carbonyl (C=O) groups excluding carboxylic acids is 4. The van der Waals surface area contributed by atoms with Crippen molar-refractivity contribution < 1.29 is 37.7 Å². The van der Waals surface area contributed by atoms with Crippen molar-refractivity contribution in [3.63, 3.8) is 0 Å². The van der Waals surface area contributed by atoms with Crippen molar-refractivity contribution in [2.45, 2.75) is 82.8 Å². The fraction of sp³-hybridized carbons (Fsp3) is 0.228. The summed E-state index contributed by atoms with van der Waals surface area (Å²) in [7, 11) is 0. The lowest BCUT2D eigenvalue weighted by Gasteiger charge is -2.11. The van der Waals surface area contributed by atoms with Crippen LogP contribution in [0.15, 0.2) is 119 Å². The van der Waals surface area contributed by atoms with Gasteiger partial charge in [0.15, 0.2) is 0 Å². The molecule has 0 aliphatic heterocycles. The average Bonchev–Trinajstić information content (AvgIpc) is 4.32. The Bertz CT molecular complexity index is 3380. The second kappa shape index (κ2) is 25.3. The van der Waals surface area contributed by atoms with Crippen LogP contribution in [0.2, 0.25) is 30.1 Å². The maximum Gasteiger partial charge on any atom is 0.373 e. The highest BCUT2D eigenvalue weighted by Crippen LogP contribution is 2.56. The van der Waals surface area contributed by atoms with E-state index in [1.54, 1.807) is 30.3 Å². The number of rotatable bonds is 14. The van der Waals surface area contributed by atoms with Crippen LogP contribution in [0, 0.1) is 13.8 Å². The normalized spacial score (nSPS) is 15.3. The van der Waals surface area contributed by atoms with Crippen molar-refractivity contribution in [2.24, 2.45) is 0 Å². The summed E-state index contributed by atoms with van der Waals surface area (Å²) >= 11 is 39.1. The summed E-state index contributed by atoms with van der Waals surface area (Å²) in [5.41, 5.74) is 11.0. The van der Waals surface area contributed by atoms with E-state index in [0.717, 1.165) is 82.0 Å². The molecule has 0 radical (unpaired) electrons. The quantitative estimate of drug-likeness (QED) is 0.101. The van der Waals surface area contributed by atoms with Crippen LogP contribution in [-0.4, -0.2) is 32.6 Å². The van der Waals surface area contributed by atoms with E-state index in [-0.39, 0.29) is 18.9 Å². The SMILES string of the molecule is Cc1cncc(/C=C/c2ccc(OCc3c(-c4c(Cl)cccc4Cl)noc3C3CC3)cc2Cl)c1.Cc1cncc(C2CC2c2ccc(OCc3c(-c4c(Cl)cccc4Cl)noc3C3CC3)cc2Cl)c1.O=C=O.O=C=O. The first-order chi connectivity index (χ1) is 36.3. The fourth-order valence-corrected chi connectivity index (χ4v) is 10.3. The number of nitrogens with zero attached hydrogens (tertiary/aromatic N) is 4. The summed E-state index contributed by atoms with van der Waals surface area (Å²) in [6, 6.07) is 26.7. The predicted molar refractivity (Wildman–Crippen MR) is 286 cm³/mol. The smallest absolute Gasteiger partial charge is 0.373 e. The number of aromatic nitrogens is 4. The molecule has 4 aromatic carbocycles. The molecule has 0 N–H and O–H groups in total. The van der Waals surface area contributed by atoms with Crippen LogP contribution in [0.4, 0.5) is 0 Å². The molecule has 3 aliphatic carbocycles. The van der Waals surface area contributed by atoms with Crippen LogP contribution in [0.3, 0.4) is 0 Å². The van der Waals surface area contributed by atoms with Gasteiger partial charge in [0.25, 0.3) is 0 Å². The van der Waals surface area contributed by atoms with Gasteiger partial charge in [-0.25, -0.2) is 0 Å². The van der Waals surface area contributed by atoms with Crippen molar-refractivity contribution in [1.82, 2.24) is 20.3 Å². The first kappa shape index (κ1) is 54.7. The monoisotopic (exact) mass is 1120 g/mol. The molecule has 12 nitrogen and oxygen atoms in total. The first-order valence-electron chi connectivity index (χ1n) is 23.5. The fourth-order valence-electron chi connectivity index (χ4n) is 8.58. The van der Waals surface area contributed by atoms with Gasteiger partial charge >= 0.3 is 12.3 Å². The summed E-state index contributed by atoms with van der Waals surface area (Å²) < 4.78 is 23.8. The average molecular weight is 1130 g/mol. The van der Waals surface area contributed by atoms with Crippen LogP contribution in [0.25, 0.3) is 34.7 Å². The Kier molecular flexibility index (Phi) is 18.5. The number of pyridine rings is 2. The van der Waals surface area contributed by atoms with E-state index in [1.165, 1.54) is 11.1 Å². The second-order valence-electron chi connectivity index (χ2n) is 18.0. The minimum absolute atomic E-state index is 0.250. The molecule has 0 amide bonds. The molecule has 75 heavy (non-hydrogen) atoms. The van der Waals surface area contributed by atoms with E-state index in [2.05, 4.69) is 45.4 Å². The molecule has 0 saturated heterocycles. The molecule has 3 fully saturated rings. The summed E-state index contributed by atoms with van der Waals surface area (Å²) in [6.45, 7) is 4.65. The molecular formula is C57H44Cl6N4O8.